The summed E-state index contributed by atoms with van der Waals surface area (Å²) in [5, 5.41) is 19.8. The molecule has 2 atom stereocenters. The molecule has 1 rings (SSSR count). The van der Waals surface area contributed by atoms with Crippen molar-refractivity contribution < 1.29 is 10.2 Å². The highest BCUT2D eigenvalue weighted by Crippen LogP contribution is 2.31. The lowest BCUT2D eigenvalue weighted by atomic mass is 10.0. The van der Waals surface area contributed by atoms with E-state index < -0.39 is 12.2 Å². The molecular formula is C10H13Cl2NO2. The Labute approximate surface area is 98.4 Å². The van der Waals surface area contributed by atoms with Crippen LogP contribution in [0.2, 0.25) is 10.0 Å². The molecule has 3 nitrogen and oxygen atoms in total. The minimum absolute atomic E-state index is 0.106. The zero-order valence-electron chi connectivity index (χ0n) is 8.03. The predicted molar refractivity (Wildman–Crippen MR) is 61.1 cm³/mol. The smallest absolute Gasteiger partial charge is 0.0830 e. The number of aliphatic hydroxyl groups excluding tert-OH is 2. The summed E-state index contributed by atoms with van der Waals surface area (Å²) in [7, 11) is 0. The number of hydrogen-bond donors (Lipinski definition) is 3. The van der Waals surface area contributed by atoms with Gasteiger partial charge in [0.05, 0.1) is 22.3 Å². The van der Waals surface area contributed by atoms with Crippen LogP contribution >= 0.6 is 23.2 Å². The molecular weight excluding hydrogens is 237 g/mol. The Bertz CT molecular complexity index is 333. The van der Waals surface area contributed by atoms with Gasteiger partial charge in [-0.3, -0.25) is 0 Å². The Morgan fingerprint density at radius 3 is 2.53 bits per heavy atom. The summed E-state index contributed by atoms with van der Waals surface area (Å²) in [6, 6.07) is 5.00. The average Bonchev–Trinajstić information content (AvgIpc) is 2.21. The van der Waals surface area contributed by atoms with Gasteiger partial charge in [0, 0.05) is 18.5 Å². The first-order chi connectivity index (χ1) is 7.06. The molecule has 0 bridgehead atoms. The molecule has 1 aromatic rings. The van der Waals surface area contributed by atoms with Gasteiger partial charge >= 0.3 is 0 Å². The second-order valence-electron chi connectivity index (χ2n) is 3.28. The van der Waals surface area contributed by atoms with Crippen LogP contribution in [0.4, 0.5) is 0 Å². The molecule has 0 radical (unpaired) electrons. The molecule has 0 amide bonds. The molecule has 1 aromatic carbocycles. The highest BCUT2D eigenvalue weighted by atomic mass is 35.5. The Kier molecular flexibility index (Phi) is 4.83. The van der Waals surface area contributed by atoms with Crippen LogP contribution in [0, 0.1) is 0 Å². The Balaban J connectivity index is 2.82. The molecule has 5 heteroatoms. The van der Waals surface area contributed by atoms with Gasteiger partial charge in [0.15, 0.2) is 0 Å². The van der Waals surface area contributed by atoms with E-state index >= 15 is 0 Å². The third-order valence-corrected chi connectivity index (χ3v) is 2.94. The van der Waals surface area contributed by atoms with Crippen molar-refractivity contribution in [2.75, 3.05) is 6.54 Å². The minimum atomic E-state index is -0.852. The topological polar surface area (TPSA) is 66.5 Å². The highest BCUT2D eigenvalue weighted by molar-refractivity contribution is 6.42. The van der Waals surface area contributed by atoms with Crippen LogP contribution in [-0.4, -0.2) is 22.9 Å². The molecule has 15 heavy (non-hydrogen) atoms. The summed E-state index contributed by atoms with van der Waals surface area (Å²) < 4.78 is 0. The SMILES string of the molecule is NCC(O)CC(O)c1cccc(Cl)c1Cl. The van der Waals surface area contributed by atoms with Crippen LogP contribution in [0.15, 0.2) is 18.2 Å². The van der Waals surface area contributed by atoms with Gasteiger partial charge in [0.25, 0.3) is 0 Å². The maximum atomic E-state index is 9.77. The summed E-state index contributed by atoms with van der Waals surface area (Å²) in [5.74, 6) is 0. The van der Waals surface area contributed by atoms with E-state index in [9.17, 15) is 10.2 Å². The lowest BCUT2D eigenvalue weighted by Gasteiger charge is -2.16. The number of benzene rings is 1. The second-order valence-corrected chi connectivity index (χ2v) is 4.07. The molecule has 0 spiro atoms. The molecule has 0 aromatic heterocycles. The summed E-state index contributed by atoms with van der Waals surface area (Å²) in [6.07, 6.45) is -1.44. The Hall–Kier alpha value is -0.320. The molecule has 0 heterocycles. The molecule has 0 saturated heterocycles. The quantitative estimate of drug-likeness (QED) is 0.762. The van der Waals surface area contributed by atoms with E-state index in [1.807, 2.05) is 0 Å². The first-order valence-electron chi connectivity index (χ1n) is 4.56. The lowest BCUT2D eigenvalue weighted by molar-refractivity contribution is 0.0852. The first kappa shape index (κ1) is 12.7. The van der Waals surface area contributed by atoms with Gasteiger partial charge in [-0.25, -0.2) is 0 Å². The number of hydrogen-bond acceptors (Lipinski definition) is 3. The highest BCUT2D eigenvalue weighted by Gasteiger charge is 2.16. The van der Waals surface area contributed by atoms with E-state index in [1.165, 1.54) is 0 Å². The molecule has 84 valence electrons. The van der Waals surface area contributed by atoms with Gasteiger partial charge in [-0.05, 0) is 6.07 Å². The Morgan fingerprint density at radius 2 is 1.93 bits per heavy atom. The summed E-state index contributed by atoms with van der Waals surface area (Å²) in [5.41, 5.74) is 5.76. The third-order valence-electron chi connectivity index (χ3n) is 2.11. The molecule has 0 aliphatic carbocycles. The number of nitrogens with two attached hydrogens (primary N) is 1. The molecule has 0 fully saturated rings. The summed E-state index contributed by atoms with van der Waals surface area (Å²) in [6.45, 7) is 0.106. The fraction of sp³-hybridized carbons (Fsp3) is 0.400. The van der Waals surface area contributed by atoms with E-state index in [4.69, 9.17) is 28.9 Å². The van der Waals surface area contributed by atoms with Crippen molar-refractivity contribution in [3.63, 3.8) is 0 Å². The summed E-state index contributed by atoms with van der Waals surface area (Å²) >= 11 is 11.7. The number of halogens is 2. The largest absolute Gasteiger partial charge is 0.392 e. The van der Waals surface area contributed by atoms with Gasteiger partial charge in [-0.2, -0.15) is 0 Å². The molecule has 4 N–H and O–H groups in total. The maximum absolute atomic E-state index is 9.77. The van der Waals surface area contributed by atoms with Crippen LogP contribution in [0.5, 0.6) is 0 Å². The molecule has 0 aliphatic heterocycles. The lowest BCUT2D eigenvalue weighted by Crippen LogP contribution is -2.22. The maximum Gasteiger partial charge on any atom is 0.0830 e. The van der Waals surface area contributed by atoms with Crippen molar-refractivity contribution >= 4 is 23.2 Å². The Morgan fingerprint density at radius 1 is 1.27 bits per heavy atom. The van der Waals surface area contributed by atoms with Gasteiger partial charge in [-0.15, -0.1) is 0 Å². The minimum Gasteiger partial charge on any atom is -0.392 e. The van der Waals surface area contributed by atoms with E-state index in [0.717, 1.165) is 0 Å². The zero-order valence-corrected chi connectivity index (χ0v) is 9.54. The van der Waals surface area contributed by atoms with Gasteiger partial charge in [-0.1, -0.05) is 35.3 Å². The first-order valence-corrected chi connectivity index (χ1v) is 5.32. The zero-order chi connectivity index (χ0) is 11.4. The van der Waals surface area contributed by atoms with Crippen LogP contribution in [-0.2, 0) is 0 Å². The van der Waals surface area contributed by atoms with Crippen LogP contribution < -0.4 is 5.73 Å². The number of rotatable bonds is 4. The molecule has 0 aliphatic rings. The van der Waals surface area contributed by atoms with Crippen molar-refractivity contribution in [1.82, 2.24) is 0 Å². The van der Waals surface area contributed by atoms with Gasteiger partial charge < -0.3 is 15.9 Å². The fourth-order valence-corrected chi connectivity index (χ4v) is 1.69. The van der Waals surface area contributed by atoms with E-state index in [-0.39, 0.29) is 13.0 Å². The van der Waals surface area contributed by atoms with Crippen LogP contribution in [0.1, 0.15) is 18.1 Å². The van der Waals surface area contributed by atoms with Crippen LogP contribution in [0.3, 0.4) is 0 Å². The molecule has 0 saturated carbocycles. The monoisotopic (exact) mass is 249 g/mol. The van der Waals surface area contributed by atoms with Crippen LogP contribution in [0.25, 0.3) is 0 Å². The van der Waals surface area contributed by atoms with Gasteiger partial charge in [0.1, 0.15) is 0 Å². The predicted octanol–water partition coefficient (Wildman–Crippen LogP) is 1.74. The van der Waals surface area contributed by atoms with Crippen molar-refractivity contribution in [2.24, 2.45) is 5.73 Å². The normalized spacial score (nSPS) is 15.0. The van der Waals surface area contributed by atoms with E-state index in [2.05, 4.69) is 0 Å². The third kappa shape index (κ3) is 3.33. The summed E-state index contributed by atoms with van der Waals surface area (Å²) in [4.78, 5) is 0. The van der Waals surface area contributed by atoms with E-state index in [0.29, 0.717) is 15.6 Å². The van der Waals surface area contributed by atoms with Crippen molar-refractivity contribution in [1.29, 1.82) is 0 Å². The van der Waals surface area contributed by atoms with E-state index in [1.54, 1.807) is 18.2 Å². The van der Waals surface area contributed by atoms with Crippen molar-refractivity contribution in [2.45, 2.75) is 18.6 Å². The van der Waals surface area contributed by atoms with Crippen molar-refractivity contribution in [3.8, 4) is 0 Å². The fourth-order valence-electron chi connectivity index (χ4n) is 1.26. The van der Waals surface area contributed by atoms with Crippen molar-refractivity contribution in [3.05, 3.63) is 33.8 Å². The average molecular weight is 250 g/mol. The standard InChI is InChI=1S/C10H13Cl2NO2/c11-8-3-1-2-7(10(8)12)9(15)4-6(14)5-13/h1-3,6,9,14-15H,4-5,13H2. The second kappa shape index (κ2) is 5.68. The number of aliphatic hydroxyl groups is 2. The van der Waals surface area contributed by atoms with Gasteiger partial charge in [0.2, 0.25) is 0 Å². The molecule has 2 unspecified atom stereocenters.